The number of ether oxygens (including phenoxy) is 1. The molecular weight excluding hydrogens is 334 g/mol. The molecule has 26 heavy (non-hydrogen) atoms. The van der Waals surface area contributed by atoms with Crippen LogP contribution >= 0.6 is 0 Å². The van der Waals surface area contributed by atoms with Crippen molar-refractivity contribution in [3.05, 3.63) is 35.1 Å². The van der Waals surface area contributed by atoms with Crippen LogP contribution in [-0.4, -0.2) is 35.7 Å². The number of carbonyl (C=O) groups is 2. The number of carbonyl (C=O) groups excluding carboxylic acids is 1. The maximum absolute atomic E-state index is 12.6. The van der Waals surface area contributed by atoms with E-state index in [4.69, 9.17) is 9.15 Å². The van der Waals surface area contributed by atoms with Crippen molar-refractivity contribution >= 4 is 22.8 Å². The number of fused-ring (bicyclic) bond motifs is 1. The van der Waals surface area contributed by atoms with Gasteiger partial charge >= 0.3 is 5.97 Å². The monoisotopic (exact) mass is 359 g/mol. The summed E-state index contributed by atoms with van der Waals surface area (Å²) in [6.45, 7) is 6.97. The largest absolute Gasteiger partial charge is 0.480 e. The van der Waals surface area contributed by atoms with Gasteiger partial charge in [-0.3, -0.25) is 4.79 Å². The number of benzene rings is 1. The van der Waals surface area contributed by atoms with Gasteiger partial charge in [-0.25, -0.2) is 4.79 Å². The van der Waals surface area contributed by atoms with Crippen LogP contribution in [0.2, 0.25) is 0 Å². The van der Waals surface area contributed by atoms with E-state index in [0.29, 0.717) is 19.1 Å². The highest BCUT2D eigenvalue weighted by atomic mass is 16.5. The van der Waals surface area contributed by atoms with Gasteiger partial charge in [-0.2, -0.15) is 0 Å². The Bertz CT molecular complexity index is 830. The molecule has 1 aromatic carbocycles. The van der Waals surface area contributed by atoms with E-state index < -0.39 is 11.5 Å². The Morgan fingerprint density at radius 1 is 1.27 bits per heavy atom. The van der Waals surface area contributed by atoms with E-state index in [2.05, 4.69) is 25.2 Å². The third-order valence-corrected chi connectivity index (χ3v) is 5.15. The van der Waals surface area contributed by atoms with Gasteiger partial charge in [0, 0.05) is 37.0 Å². The zero-order valence-electron chi connectivity index (χ0n) is 15.4. The molecule has 1 aliphatic rings. The van der Waals surface area contributed by atoms with Gasteiger partial charge in [-0.15, -0.1) is 0 Å². The summed E-state index contributed by atoms with van der Waals surface area (Å²) in [5.74, 6) is -0.957. The Morgan fingerprint density at radius 2 is 1.96 bits per heavy atom. The summed E-state index contributed by atoms with van der Waals surface area (Å²) < 4.78 is 10.8. The first-order valence-corrected chi connectivity index (χ1v) is 8.95. The molecule has 140 valence electrons. The summed E-state index contributed by atoms with van der Waals surface area (Å²) in [6.07, 6.45) is 2.22. The van der Waals surface area contributed by atoms with E-state index in [1.807, 2.05) is 13.0 Å². The molecule has 3 rings (SSSR count). The summed E-state index contributed by atoms with van der Waals surface area (Å²) in [5.41, 5.74) is 2.65. The lowest BCUT2D eigenvalue weighted by Crippen LogP contribution is -2.57. The number of nitrogens with one attached hydrogen (secondary N) is 1. The van der Waals surface area contributed by atoms with Crippen LogP contribution in [-0.2, 0) is 20.7 Å². The van der Waals surface area contributed by atoms with Gasteiger partial charge in [0.05, 0.1) is 12.7 Å². The molecule has 0 atom stereocenters. The summed E-state index contributed by atoms with van der Waals surface area (Å²) in [4.78, 5) is 24.3. The minimum absolute atomic E-state index is 0.0868. The number of rotatable bonds is 5. The normalized spacial score (nSPS) is 16.8. The Hall–Kier alpha value is -2.34. The summed E-state index contributed by atoms with van der Waals surface area (Å²) in [7, 11) is 0. The van der Waals surface area contributed by atoms with E-state index >= 15 is 0 Å². The minimum Gasteiger partial charge on any atom is -0.480 e. The molecule has 1 fully saturated rings. The fourth-order valence-corrected chi connectivity index (χ4v) is 3.60. The van der Waals surface area contributed by atoms with Crippen LogP contribution in [0.4, 0.5) is 0 Å². The van der Waals surface area contributed by atoms with Gasteiger partial charge in [-0.05, 0) is 36.1 Å². The maximum Gasteiger partial charge on any atom is 0.329 e. The quantitative estimate of drug-likeness (QED) is 0.856. The molecule has 1 aliphatic heterocycles. The molecule has 0 radical (unpaired) electrons. The Morgan fingerprint density at radius 3 is 2.58 bits per heavy atom. The number of carboxylic acids is 1. The van der Waals surface area contributed by atoms with E-state index in [1.54, 1.807) is 6.26 Å². The molecule has 6 nitrogen and oxygen atoms in total. The van der Waals surface area contributed by atoms with Gasteiger partial charge in [0.25, 0.3) is 0 Å². The molecule has 2 heterocycles. The number of furan rings is 1. The summed E-state index contributed by atoms with van der Waals surface area (Å²) in [6, 6.07) is 4.06. The van der Waals surface area contributed by atoms with Crippen molar-refractivity contribution in [2.75, 3.05) is 13.2 Å². The van der Waals surface area contributed by atoms with E-state index in [9.17, 15) is 14.7 Å². The second-order valence-corrected chi connectivity index (χ2v) is 7.35. The van der Waals surface area contributed by atoms with Crippen molar-refractivity contribution < 1.29 is 23.8 Å². The highest BCUT2D eigenvalue weighted by molar-refractivity contribution is 5.91. The summed E-state index contributed by atoms with van der Waals surface area (Å²) in [5, 5.41) is 13.2. The Kier molecular flexibility index (Phi) is 5.05. The lowest BCUT2D eigenvalue weighted by molar-refractivity contribution is -0.152. The van der Waals surface area contributed by atoms with Crippen LogP contribution < -0.4 is 5.32 Å². The fraction of sp³-hybridized carbons (Fsp3) is 0.500. The molecular formula is C20H25NO5. The molecule has 0 aliphatic carbocycles. The van der Waals surface area contributed by atoms with Crippen LogP contribution in [0.25, 0.3) is 11.0 Å². The van der Waals surface area contributed by atoms with Crippen molar-refractivity contribution in [1.82, 2.24) is 5.32 Å². The van der Waals surface area contributed by atoms with Gasteiger partial charge in [0.2, 0.25) is 5.91 Å². The van der Waals surface area contributed by atoms with E-state index in [0.717, 1.165) is 22.1 Å². The average Bonchev–Trinajstić information content (AvgIpc) is 2.96. The third-order valence-electron chi connectivity index (χ3n) is 5.15. The number of amides is 1. The predicted octanol–water partition coefficient (Wildman–Crippen LogP) is 3.16. The molecule has 6 heteroatoms. The molecule has 0 unspecified atom stereocenters. The van der Waals surface area contributed by atoms with Crippen molar-refractivity contribution in [1.29, 1.82) is 0 Å². The van der Waals surface area contributed by atoms with Crippen LogP contribution in [0.1, 0.15) is 49.3 Å². The fourth-order valence-electron chi connectivity index (χ4n) is 3.60. The maximum atomic E-state index is 12.6. The third kappa shape index (κ3) is 3.46. The number of aryl methyl sites for hydroxylation is 1. The molecule has 0 saturated carbocycles. The van der Waals surface area contributed by atoms with Gasteiger partial charge < -0.3 is 19.6 Å². The first kappa shape index (κ1) is 18.5. The van der Waals surface area contributed by atoms with Crippen molar-refractivity contribution in [2.24, 2.45) is 0 Å². The van der Waals surface area contributed by atoms with Crippen LogP contribution in [0.15, 0.2) is 22.8 Å². The van der Waals surface area contributed by atoms with Crippen molar-refractivity contribution in [2.45, 2.75) is 51.5 Å². The lowest BCUT2D eigenvalue weighted by atomic mass is 9.89. The van der Waals surface area contributed by atoms with E-state index in [-0.39, 0.29) is 25.2 Å². The Labute approximate surface area is 152 Å². The molecule has 2 N–H and O–H groups in total. The molecule has 1 saturated heterocycles. The van der Waals surface area contributed by atoms with Crippen LogP contribution in [0, 0.1) is 6.92 Å². The molecule has 0 spiro atoms. The first-order chi connectivity index (χ1) is 12.3. The Balaban J connectivity index is 1.83. The van der Waals surface area contributed by atoms with Crippen LogP contribution in [0.3, 0.4) is 0 Å². The lowest BCUT2D eigenvalue weighted by Gasteiger charge is -2.33. The minimum atomic E-state index is -1.24. The van der Waals surface area contributed by atoms with Gasteiger partial charge in [0.1, 0.15) is 11.1 Å². The standard InChI is InChI=1S/C20H25NO5/c1-12(2)15-10-16-14(11-26-17(16)8-13(15)3)9-18(22)21-20(19(23)24)4-6-25-7-5-20/h8,10-12H,4-7,9H2,1-3H3,(H,21,22)(H,23,24). The molecule has 1 amide bonds. The number of hydrogen-bond donors (Lipinski definition) is 2. The zero-order valence-corrected chi connectivity index (χ0v) is 15.4. The molecule has 2 aromatic rings. The molecule has 0 bridgehead atoms. The van der Waals surface area contributed by atoms with Gasteiger partial charge in [-0.1, -0.05) is 13.8 Å². The first-order valence-electron chi connectivity index (χ1n) is 8.95. The predicted molar refractivity (Wildman–Crippen MR) is 97.3 cm³/mol. The zero-order chi connectivity index (χ0) is 18.9. The summed E-state index contributed by atoms with van der Waals surface area (Å²) >= 11 is 0. The SMILES string of the molecule is Cc1cc2occ(CC(=O)NC3(C(=O)O)CCOCC3)c2cc1C(C)C. The van der Waals surface area contributed by atoms with Crippen molar-refractivity contribution in [3.8, 4) is 0 Å². The smallest absolute Gasteiger partial charge is 0.329 e. The number of hydrogen-bond acceptors (Lipinski definition) is 4. The number of carboxylic acid groups (broad SMARTS) is 1. The topological polar surface area (TPSA) is 88.8 Å². The van der Waals surface area contributed by atoms with Crippen molar-refractivity contribution in [3.63, 3.8) is 0 Å². The molecule has 1 aromatic heterocycles. The highest BCUT2D eigenvalue weighted by Crippen LogP contribution is 2.29. The second-order valence-electron chi connectivity index (χ2n) is 7.35. The average molecular weight is 359 g/mol. The second kappa shape index (κ2) is 7.11. The van der Waals surface area contributed by atoms with E-state index in [1.165, 1.54) is 5.56 Å². The van der Waals surface area contributed by atoms with Crippen LogP contribution in [0.5, 0.6) is 0 Å². The van der Waals surface area contributed by atoms with Gasteiger partial charge in [0.15, 0.2) is 0 Å². The highest BCUT2D eigenvalue weighted by Gasteiger charge is 2.41. The number of aliphatic carboxylic acids is 1.